The van der Waals surface area contributed by atoms with Gasteiger partial charge < -0.3 is 5.32 Å². The molecule has 8 heteroatoms. The third-order valence-corrected chi connectivity index (χ3v) is 4.01. The van der Waals surface area contributed by atoms with Gasteiger partial charge >= 0.3 is 6.18 Å². The minimum atomic E-state index is -4.46. The summed E-state index contributed by atoms with van der Waals surface area (Å²) in [6.07, 6.45) is -4.46. The van der Waals surface area contributed by atoms with Gasteiger partial charge in [0.1, 0.15) is 0 Å². The van der Waals surface area contributed by atoms with E-state index in [1.54, 1.807) is 6.92 Å². The van der Waals surface area contributed by atoms with Crippen molar-refractivity contribution in [2.24, 2.45) is 0 Å². The summed E-state index contributed by atoms with van der Waals surface area (Å²) in [5, 5.41) is 10.4. The molecule has 0 fully saturated rings. The summed E-state index contributed by atoms with van der Waals surface area (Å²) in [5.74, 6) is -0.476. The molecule has 1 amide bonds. The monoisotopic (exact) mass is 374 g/mol. The molecule has 0 radical (unpaired) electrons. The number of aryl methyl sites for hydroxylation is 2. The Hall–Kier alpha value is -3.16. The van der Waals surface area contributed by atoms with Gasteiger partial charge in [-0.25, -0.2) is 4.68 Å². The zero-order valence-corrected chi connectivity index (χ0v) is 14.9. The molecular formula is C19H17F3N4O. The van der Waals surface area contributed by atoms with Crippen molar-refractivity contribution in [3.8, 4) is 5.69 Å². The Kier molecular flexibility index (Phi) is 4.73. The summed E-state index contributed by atoms with van der Waals surface area (Å²) < 4.78 is 40.0. The van der Waals surface area contributed by atoms with Crippen LogP contribution in [0.3, 0.4) is 0 Å². The number of halogens is 3. The van der Waals surface area contributed by atoms with Crippen LogP contribution in [0.2, 0.25) is 0 Å². The summed E-state index contributed by atoms with van der Waals surface area (Å²) in [4.78, 5) is 12.5. The SMILES string of the molecule is Cc1cc(C)cc(NC(=O)c2nnn(-c3cccc(C(F)(F)F)c3)c2C)c1. The van der Waals surface area contributed by atoms with Gasteiger partial charge in [-0.2, -0.15) is 13.2 Å². The van der Waals surface area contributed by atoms with Crippen molar-refractivity contribution in [3.63, 3.8) is 0 Å². The second-order valence-electron chi connectivity index (χ2n) is 6.31. The summed E-state index contributed by atoms with van der Waals surface area (Å²) in [6.45, 7) is 5.41. The number of aromatic nitrogens is 3. The first-order valence-corrected chi connectivity index (χ1v) is 8.15. The predicted octanol–water partition coefficient (Wildman–Crippen LogP) is 4.46. The van der Waals surface area contributed by atoms with Gasteiger partial charge in [0.05, 0.1) is 16.9 Å². The highest BCUT2D eigenvalue weighted by molar-refractivity contribution is 6.03. The Morgan fingerprint density at radius 3 is 2.33 bits per heavy atom. The van der Waals surface area contributed by atoms with Crippen molar-refractivity contribution >= 4 is 11.6 Å². The highest BCUT2D eigenvalue weighted by atomic mass is 19.4. The number of carbonyl (C=O) groups excluding carboxylic acids is 1. The molecule has 5 nitrogen and oxygen atoms in total. The van der Waals surface area contributed by atoms with E-state index in [2.05, 4.69) is 15.6 Å². The number of hydrogen-bond donors (Lipinski definition) is 1. The summed E-state index contributed by atoms with van der Waals surface area (Å²) in [6, 6.07) is 10.3. The molecule has 0 bridgehead atoms. The molecule has 0 spiro atoms. The lowest BCUT2D eigenvalue weighted by Gasteiger charge is -2.09. The largest absolute Gasteiger partial charge is 0.416 e. The Morgan fingerprint density at radius 1 is 1.04 bits per heavy atom. The van der Waals surface area contributed by atoms with Gasteiger partial charge in [-0.3, -0.25) is 4.79 Å². The molecule has 3 rings (SSSR count). The molecule has 140 valence electrons. The van der Waals surface area contributed by atoms with Gasteiger partial charge in [0.15, 0.2) is 5.69 Å². The van der Waals surface area contributed by atoms with E-state index in [1.807, 2.05) is 32.0 Å². The average Bonchev–Trinajstić information content (AvgIpc) is 2.95. The first-order valence-electron chi connectivity index (χ1n) is 8.15. The Morgan fingerprint density at radius 2 is 1.70 bits per heavy atom. The van der Waals surface area contributed by atoms with Crippen LogP contribution in [0, 0.1) is 20.8 Å². The first-order chi connectivity index (χ1) is 12.6. The van der Waals surface area contributed by atoms with Crippen LogP contribution in [0.4, 0.5) is 18.9 Å². The Labute approximate surface area is 153 Å². The number of nitrogens with zero attached hydrogens (tertiary/aromatic N) is 3. The van der Waals surface area contributed by atoms with Crippen molar-refractivity contribution in [1.29, 1.82) is 0 Å². The maximum absolute atomic E-state index is 12.9. The highest BCUT2D eigenvalue weighted by Gasteiger charge is 2.31. The van der Waals surface area contributed by atoms with Crippen molar-refractivity contribution in [2.75, 3.05) is 5.32 Å². The van der Waals surface area contributed by atoms with E-state index in [9.17, 15) is 18.0 Å². The van der Waals surface area contributed by atoms with Gasteiger partial charge in [0, 0.05) is 5.69 Å². The maximum Gasteiger partial charge on any atom is 0.416 e. The number of amides is 1. The molecule has 3 aromatic rings. The third kappa shape index (κ3) is 3.99. The maximum atomic E-state index is 12.9. The van der Waals surface area contributed by atoms with Crippen molar-refractivity contribution in [3.05, 3.63) is 70.5 Å². The van der Waals surface area contributed by atoms with Crippen LogP contribution in [0.5, 0.6) is 0 Å². The smallest absolute Gasteiger partial charge is 0.321 e. The molecule has 0 aliphatic heterocycles. The molecule has 1 N–H and O–H groups in total. The second kappa shape index (κ2) is 6.86. The summed E-state index contributed by atoms with van der Waals surface area (Å²) >= 11 is 0. The minimum Gasteiger partial charge on any atom is -0.321 e. The number of nitrogens with one attached hydrogen (secondary N) is 1. The van der Waals surface area contributed by atoms with E-state index >= 15 is 0 Å². The fourth-order valence-corrected chi connectivity index (χ4v) is 2.84. The lowest BCUT2D eigenvalue weighted by atomic mass is 10.1. The van der Waals surface area contributed by atoms with Crippen molar-refractivity contribution in [2.45, 2.75) is 26.9 Å². The van der Waals surface area contributed by atoms with E-state index in [1.165, 1.54) is 16.8 Å². The fourth-order valence-electron chi connectivity index (χ4n) is 2.84. The number of anilines is 1. The lowest BCUT2D eigenvalue weighted by molar-refractivity contribution is -0.137. The van der Waals surface area contributed by atoms with E-state index in [-0.39, 0.29) is 11.4 Å². The molecule has 1 heterocycles. The van der Waals surface area contributed by atoms with Crippen LogP contribution in [-0.4, -0.2) is 20.9 Å². The number of hydrogen-bond acceptors (Lipinski definition) is 3. The number of rotatable bonds is 3. The quantitative estimate of drug-likeness (QED) is 0.736. The third-order valence-electron chi connectivity index (χ3n) is 4.01. The van der Waals surface area contributed by atoms with Crippen LogP contribution in [-0.2, 0) is 6.18 Å². The minimum absolute atomic E-state index is 0.0478. The average molecular weight is 374 g/mol. The van der Waals surface area contributed by atoms with Crippen LogP contribution in [0.1, 0.15) is 32.9 Å². The molecule has 27 heavy (non-hydrogen) atoms. The van der Waals surface area contributed by atoms with E-state index < -0.39 is 17.6 Å². The predicted molar refractivity (Wildman–Crippen MR) is 95.0 cm³/mol. The van der Waals surface area contributed by atoms with Crippen LogP contribution in [0.25, 0.3) is 5.69 Å². The topological polar surface area (TPSA) is 59.8 Å². The normalized spacial score (nSPS) is 11.5. The van der Waals surface area contributed by atoms with Crippen molar-refractivity contribution in [1.82, 2.24) is 15.0 Å². The standard InChI is InChI=1S/C19H17F3N4O/c1-11-7-12(2)9-15(8-11)23-18(27)17-13(3)26(25-24-17)16-6-4-5-14(10-16)19(20,21)22/h4-10H,1-3H3,(H,23,27). The van der Waals surface area contributed by atoms with E-state index in [4.69, 9.17) is 0 Å². The second-order valence-corrected chi connectivity index (χ2v) is 6.31. The van der Waals surface area contributed by atoms with Crippen LogP contribution < -0.4 is 5.32 Å². The molecule has 0 saturated heterocycles. The zero-order chi connectivity index (χ0) is 19.8. The van der Waals surface area contributed by atoms with Gasteiger partial charge in [-0.05, 0) is 62.2 Å². The molecule has 0 aliphatic rings. The molecule has 0 aliphatic carbocycles. The lowest BCUT2D eigenvalue weighted by Crippen LogP contribution is -2.14. The molecule has 2 aromatic carbocycles. The molecule has 0 saturated carbocycles. The molecule has 0 atom stereocenters. The Bertz CT molecular complexity index is 988. The van der Waals surface area contributed by atoms with E-state index in [0.29, 0.717) is 11.4 Å². The zero-order valence-electron chi connectivity index (χ0n) is 14.9. The van der Waals surface area contributed by atoms with Crippen molar-refractivity contribution < 1.29 is 18.0 Å². The summed E-state index contributed by atoms with van der Waals surface area (Å²) in [5.41, 5.74) is 2.38. The number of benzene rings is 2. The van der Waals surface area contributed by atoms with Gasteiger partial charge in [0.2, 0.25) is 0 Å². The molecule has 0 unspecified atom stereocenters. The number of alkyl halides is 3. The molecular weight excluding hydrogens is 357 g/mol. The highest BCUT2D eigenvalue weighted by Crippen LogP contribution is 2.30. The number of carbonyl (C=O) groups is 1. The summed E-state index contributed by atoms with van der Waals surface area (Å²) in [7, 11) is 0. The van der Waals surface area contributed by atoms with Gasteiger partial charge in [-0.15, -0.1) is 5.10 Å². The van der Waals surface area contributed by atoms with Gasteiger partial charge in [0.25, 0.3) is 5.91 Å². The first kappa shape index (κ1) is 18.6. The Balaban J connectivity index is 1.90. The van der Waals surface area contributed by atoms with Gasteiger partial charge in [-0.1, -0.05) is 17.3 Å². The fraction of sp³-hybridized carbons (Fsp3) is 0.211. The van der Waals surface area contributed by atoms with Crippen LogP contribution >= 0.6 is 0 Å². The van der Waals surface area contributed by atoms with E-state index in [0.717, 1.165) is 23.3 Å². The molecule has 1 aromatic heterocycles. The van der Waals surface area contributed by atoms with Crippen LogP contribution in [0.15, 0.2) is 42.5 Å².